The van der Waals surface area contributed by atoms with Crippen LogP contribution < -0.4 is 4.74 Å². The van der Waals surface area contributed by atoms with Gasteiger partial charge in [0.05, 0.1) is 18.4 Å². The number of rotatable bonds is 4. The lowest BCUT2D eigenvalue weighted by molar-refractivity contribution is -0.130. The van der Waals surface area contributed by atoms with Crippen LogP contribution in [0.25, 0.3) is 16.9 Å². The minimum absolute atomic E-state index is 0.000436. The van der Waals surface area contributed by atoms with Gasteiger partial charge in [-0.15, -0.1) is 0 Å². The van der Waals surface area contributed by atoms with E-state index >= 15 is 0 Å². The lowest BCUT2D eigenvalue weighted by Gasteiger charge is -2.34. The Morgan fingerprint density at radius 1 is 0.871 bits per heavy atom. The van der Waals surface area contributed by atoms with Gasteiger partial charge in [0.25, 0.3) is 5.91 Å². The SMILES string of the molecule is COc1cccc(-c2cc(C(=O)N3CCN(C(C)=O)CC3)c(C)n2-c2ccccc2)c1. The predicted octanol–water partition coefficient (Wildman–Crippen LogP) is 3.77. The molecule has 0 bridgehead atoms. The summed E-state index contributed by atoms with van der Waals surface area (Å²) in [4.78, 5) is 28.7. The molecule has 2 heterocycles. The lowest BCUT2D eigenvalue weighted by atomic mass is 10.1. The summed E-state index contributed by atoms with van der Waals surface area (Å²) in [5.74, 6) is 0.822. The third kappa shape index (κ3) is 4.06. The molecule has 0 radical (unpaired) electrons. The first kappa shape index (κ1) is 20.7. The van der Waals surface area contributed by atoms with Gasteiger partial charge in [0, 0.05) is 50.0 Å². The maximum absolute atomic E-state index is 13.4. The molecule has 160 valence electrons. The Morgan fingerprint density at radius 2 is 1.55 bits per heavy atom. The zero-order chi connectivity index (χ0) is 22.0. The number of benzene rings is 2. The highest BCUT2D eigenvalue weighted by molar-refractivity contribution is 5.97. The number of ether oxygens (including phenoxy) is 1. The second kappa shape index (κ2) is 8.68. The number of hydrogen-bond acceptors (Lipinski definition) is 3. The van der Waals surface area contributed by atoms with Crippen molar-refractivity contribution in [1.29, 1.82) is 0 Å². The quantitative estimate of drug-likeness (QED) is 0.649. The van der Waals surface area contributed by atoms with Crippen molar-refractivity contribution >= 4 is 11.8 Å². The van der Waals surface area contributed by atoms with Gasteiger partial charge < -0.3 is 19.1 Å². The monoisotopic (exact) mass is 417 g/mol. The van der Waals surface area contributed by atoms with Crippen molar-refractivity contribution in [3.8, 4) is 22.7 Å². The molecule has 1 aliphatic rings. The number of piperazine rings is 1. The fourth-order valence-corrected chi connectivity index (χ4v) is 4.12. The molecule has 3 aromatic rings. The van der Waals surface area contributed by atoms with Gasteiger partial charge in [0.2, 0.25) is 5.91 Å². The van der Waals surface area contributed by atoms with E-state index in [0.29, 0.717) is 31.7 Å². The minimum atomic E-state index is -0.000436. The number of carbonyl (C=O) groups excluding carboxylic acids is 2. The largest absolute Gasteiger partial charge is 0.497 e. The van der Waals surface area contributed by atoms with Gasteiger partial charge >= 0.3 is 0 Å². The van der Waals surface area contributed by atoms with Crippen molar-refractivity contribution < 1.29 is 14.3 Å². The fraction of sp³-hybridized carbons (Fsp3) is 0.280. The number of para-hydroxylation sites is 1. The fourth-order valence-electron chi connectivity index (χ4n) is 4.12. The minimum Gasteiger partial charge on any atom is -0.497 e. The highest BCUT2D eigenvalue weighted by Gasteiger charge is 2.27. The molecule has 1 fully saturated rings. The van der Waals surface area contributed by atoms with Gasteiger partial charge in [-0.3, -0.25) is 9.59 Å². The molecule has 1 aliphatic heterocycles. The maximum Gasteiger partial charge on any atom is 0.255 e. The molecule has 2 amide bonds. The van der Waals surface area contributed by atoms with E-state index in [1.54, 1.807) is 18.9 Å². The van der Waals surface area contributed by atoms with E-state index in [1.165, 1.54) is 0 Å². The molecule has 0 N–H and O–H groups in total. The Labute approximate surface area is 182 Å². The van der Waals surface area contributed by atoms with Crippen LogP contribution in [0.15, 0.2) is 60.7 Å². The van der Waals surface area contributed by atoms with Crippen LogP contribution in [-0.2, 0) is 4.79 Å². The number of hydrogen-bond donors (Lipinski definition) is 0. The van der Waals surface area contributed by atoms with Crippen LogP contribution >= 0.6 is 0 Å². The average molecular weight is 418 g/mol. The molecule has 2 aromatic carbocycles. The van der Waals surface area contributed by atoms with Crippen LogP contribution in [-0.4, -0.2) is 59.5 Å². The Bertz CT molecular complexity index is 1100. The smallest absolute Gasteiger partial charge is 0.255 e. The van der Waals surface area contributed by atoms with Crippen LogP contribution in [0, 0.1) is 6.92 Å². The third-order valence-electron chi connectivity index (χ3n) is 5.87. The van der Waals surface area contributed by atoms with Crippen LogP contribution in [0.1, 0.15) is 23.0 Å². The zero-order valence-electron chi connectivity index (χ0n) is 18.2. The van der Waals surface area contributed by atoms with Gasteiger partial charge in [0.1, 0.15) is 5.75 Å². The molecule has 0 atom stereocenters. The Kier molecular flexibility index (Phi) is 5.80. The second-order valence-electron chi connectivity index (χ2n) is 7.73. The summed E-state index contributed by atoms with van der Waals surface area (Å²) in [6, 6.07) is 19.9. The standard InChI is InChI=1S/C25H27N3O3/c1-18-23(25(30)27-14-12-26(13-15-27)19(2)29)17-24(20-8-7-11-22(16-20)31-3)28(18)21-9-5-4-6-10-21/h4-11,16-17H,12-15H2,1-3H3. The van der Waals surface area contributed by atoms with Crippen molar-refractivity contribution in [1.82, 2.24) is 14.4 Å². The molecule has 0 saturated carbocycles. The Morgan fingerprint density at radius 3 is 2.19 bits per heavy atom. The summed E-state index contributed by atoms with van der Waals surface area (Å²) in [6.07, 6.45) is 0. The number of aromatic nitrogens is 1. The lowest BCUT2D eigenvalue weighted by Crippen LogP contribution is -2.50. The summed E-state index contributed by atoms with van der Waals surface area (Å²) in [5.41, 5.74) is 4.49. The predicted molar refractivity (Wildman–Crippen MR) is 121 cm³/mol. The van der Waals surface area contributed by atoms with Crippen LogP contribution in [0.4, 0.5) is 0 Å². The molecular formula is C25H27N3O3. The molecule has 0 spiro atoms. The summed E-state index contributed by atoms with van der Waals surface area (Å²) in [6.45, 7) is 5.79. The molecule has 4 rings (SSSR count). The van der Waals surface area contributed by atoms with Gasteiger partial charge in [-0.1, -0.05) is 30.3 Å². The van der Waals surface area contributed by atoms with E-state index in [4.69, 9.17) is 4.74 Å². The van der Waals surface area contributed by atoms with Crippen molar-refractivity contribution in [2.24, 2.45) is 0 Å². The van der Waals surface area contributed by atoms with E-state index in [1.807, 2.05) is 72.5 Å². The van der Waals surface area contributed by atoms with E-state index in [9.17, 15) is 9.59 Å². The van der Waals surface area contributed by atoms with Crippen molar-refractivity contribution in [3.63, 3.8) is 0 Å². The molecule has 1 saturated heterocycles. The third-order valence-corrected chi connectivity index (χ3v) is 5.87. The van der Waals surface area contributed by atoms with E-state index < -0.39 is 0 Å². The van der Waals surface area contributed by atoms with E-state index in [0.717, 1.165) is 28.4 Å². The molecule has 6 heteroatoms. The van der Waals surface area contributed by atoms with Gasteiger partial charge in [-0.05, 0) is 37.3 Å². The molecule has 0 aliphatic carbocycles. The maximum atomic E-state index is 13.4. The number of amides is 2. The van der Waals surface area contributed by atoms with Crippen LogP contribution in [0.2, 0.25) is 0 Å². The van der Waals surface area contributed by atoms with E-state index in [-0.39, 0.29) is 11.8 Å². The molecule has 0 unspecified atom stereocenters. The molecule has 6 nitrogen and oxygen atoms in total. The van der Waals surface area contributed by atoms with E-state index in [2.05, 4.69) is 4.57 Å². The van der Waals surface area contributed by atoms with Crippen molar-refractivity contribution in [3.05, 3.63) is 71.9 Å². The molecule has 31 heavy (non-hydrogen) atoms. The first-order valence-electron chi connectivity index (χ1n) is 10.5. The summed E-state index contributed by atoms with van der Waals surface area (Å²) in [7, 11) is 1.65. The molecular weight excluding hydrogens is 390 g/mol. The van der Waals surface area contributed by atoms with Gasteiger partial charge in [-0.25, -0.2) is 0 Å². The average Bonchev–Trinajstić information content (AvgIpc) is 3.16. The van der Waals surface area contributed by atoms with Gasteiger partial charge in [-0.2, -0.15) is 0 Å². The Hall–Kier alpha value is -3.54. The summed E-state index contributed by atoms with van der Waals surface area (Å²) in [5, 5.41) is 0. The van der Waals surface area contributed by atoms with Gasteiger partial charge in [0.15, 0.2) is 0 Å². The molecule has 1 aromatic heterocycles. The zero-order valence-corrected chi connectivity index (χ0v) is 18.2. The highest BCUT2D eigenvalue weighted by atomic mass is 16.5. The topological polar surface area (TPSA) is 54.8 Å². The highest BCUT2D eigenvalue weighted by Crippen LogP contribution is 2.32. The number of carbonyl (C=O) groups is 2. The summed E-state index contributed by atoms with van der Waals surface area (Å²) < 4.78 is 7.53. The van der Waals surface area contributed by atoms with Crippen molar-refractivity contribution in [2.75, 3.05) is 33.3 Å². The second-order valence-corrected chi connectivity index (χ2v) is 7.73. The first-order chi connectivity index (χ1) is 15.0. The first-order valence-corrected chi connectivity index (χ1v) is 10.5. The van der Waals surface area contributed by atoms with Crippen LogP contribution in [0.5, 0.6) is 5.75 Å². The normalized spacial score (nSPS) is 13.9. The van der Waals surface area contributed by atoms with Crippen LogP contribution in [0.3, 0.4) is 0 Å². The van der Waals surface area contributed by atoms with Crippen molar-refractivity contribution in [2.45, 2.75) is 13.8 Å². The Balaban J connectivity index is 1.75. The summed E-state index contributed by atoms with van der Waals surface area (Å²) >= 11 is 0. The number of methoxy groups -OCH3 is 1. The number of nitrogens with zero attached hydrogens (tertiary/aromatic N) is 3.